The van der Waals surface area contributed by atoms with Crippen LogP contribution in [-0.4, -0.2) is 103 Å². The molecule has 2 saturated heterocycles. The van der Waals surface area contributed by atoms with Crippen molar-refractivity contribution >= 4 is 100 Å². The number of H-pyrrole nitrogens is 2. The number of amides is 6. The quantitative estimate of drug-likeness (QED) is 0.0423. The normalized spacial score (nSPS) is 15.4. The molecule has 4 aliphatic heterocycles. The largest absolute Gasteiger partial charge is 0.457 e. The summed E-state index contributed by atoms with van der Waals surface area (Å²) < 4.78 is 29.7. The molecule has 6 amide bonds. The van der Waals surface area contributed by atoms with E-state index in [1.54, 1.807) is 34.1 Å². The highest BCUT2D eigenvalue weighted by atomic mass is 16.5. The molecule has 16 heteroatoms. The molecular formula is C92H86N6O10. The fourth-order valence-corrected chi connectivity index (χ4v) is 16.8. The summed E-state index contributed by atoms with van der Waals surface area (Å²) in [5.41, 5.74) is 7.54. The molecule has 0 saturated carbocycles. The van der Waals surface area contributed by atoms with Crippen LogP contribution in [-0.2, 0) is 22.4 Å². The minimum Gasteiger partial charge on any atom is -0.457 e. The second kappa shape index (κ2) is 27.8. The number of fused-ring (bicyclic) bond motifs is 4. The number of rotatable bonds is 20. The highest BCUT2D eigenvalue weighted by molar-refractivity contribution is 6.45. The first-order valence-corrected chi connectivity index (χ1v) is 38.3. The van der Waals surface area contributed by atoms with Crippen LogP contribution in [0.1, 0.15) is 193 Å². The van der Waals surface area contributed by atoms with Crippen molar-refractivity contribution in [3.63, 3.8) is 0 Å². The molecular weight excluding hydrogens is 1350 g/mol. The van der Waals surface area contributed by atoms with E-state index in [2.05, 4.69) is 65.4 Å². The van der Waals surface area contributed by atoms with Crippen LogP contribution in [0, 0.1) is 0 Å². The highest BCUT2D eigenvalue weighted by Gasteiger charge is 2.48. The number of benzene rings is 11. The molecule has 2 atom stereocenters. The number of hydrogen-bond donors (Lipinski definition) is 2. The predicted octanol–water partition coefficient (Wildman–Crippen LogP) is 20.8. The lowest BCUT2D eigenvalue weighted by molar-refractivity contribution is -0.137. The summed E-state index contributed by atoms with van der Waals surface area (Å²) in [6.45, 7) is 18.8. The summed E-state index contributed by atoms with van der Waals surface area (Å²) in [7, 11) is 0. The summed E-state index contributed by atoms with van der Waals surface area (Å²) >= 11 is 0. The molecule has 4 aliphatic rings. The van der Waals surface area contributed by atoms with Crippen LogP contribution >= 0.6 is 0 Å². The molecule has 544 valence electrons. The van der Waals surface area contributed by atoms with Gasteiger partial charge in [-0.3, -0.25) is 38.6 Å². The lowest BCUT2D eigenvalue weighted by Gasteiger charge is -2.38. The monoisotopic (exact) mass is 1430 g/mol. The number of imide groups is 2. The molecule has 2 unspecified atom stereocenters. The summed E-state index contributed by atoms with van der Waals surface area (Å²) in [6, 6.07) is 54.7. The number of nitrogens with one attached hydrogen (secondary N) is 2. The van der Waals surface area contributed by atoms with E-state index in [1.165, 1.54) is 0 Å². The zero-order valence-electron chi connectivity index (χ0n) is 62.1. The van der Waals surface area contributed by atoms with Gasteiger partial charge in [-0.05, 0) is 192 Å². The molecule has 16 nitrogen and oxygen atoms in total. The molecule has 108 heavy (non-hydrogen) atoms. The SMILES string of the molecule is CC(C)c1ccc(Oc2cc3c4c(cc(Oc5ccc(C(C)C)cc5)c5c6c(Oc7ccc(C(C)C)cc7)cc7c8c(cc(Oc9ccc(C(C)C)cc9)c(c2c45)c86)C(=O)N(C(Cc2cc4ccccc4[nH]2)C(=O)N2CCCCC2)C7=O)C(=O)N(C(Cc2cc4ccccc4[nH]2)C(=O)N2CCCCC2)C3=O)cc1. The maximum atomic E-state index is 16.8. The zero-order chi connectivity index (χ0) is 74.5. The number of carbonyl (C=O) groups excluding carboxylic acids is 6. The predicted molar refractivity (Wildman–Crippen MR) is 424 cm³/mol. The lowest BCUT2D eigenvalue weighted by Crippen LogP contribution is -2.56. The molecule has 0 aliphatic carbocycles. The van der Waals surface area contributed by atoms with E-state index in [9.17, 15) is 0 Å². The van der Waals surface area contributed by atoms with Crippen LogP contribution in [0.2, 0.25) is 0 Å². The van der Waals surface area contributed by atoms with E-state index in [4.69, 9.17) is 18.9 Å². The Labute approximate surface area is 626 Å². The van der Waals surface area contributed by atoms with E-state index in [1.807, 2.05) is 158 Å². The van der Waals surface area contributed by atoms with Gasteiger partial charge in [0.05, 0.1) is 22.3 Å². The Morgan fingerprint density at radius 3 is 0.861 bits per heavy atom. The topological polar surface area (TPSA) is 184 Å². The van der Waals surface area contributed by atoms with Crippen LogP contribution in [0.3, 0.4) is 0 Å². The molecule has 2 aromatic heterocycles. The number of nitrogens with zero attached hydrogens (tertiary/aromatic N) is 4. The number of hydrogen-bond acceptors (Lipinski definition) is 10. The smallest absolute Gasteiger partial charge is 0.262 e. The van der Waals surface area contributed by atoms with Crippen LogP contribution in [0.4, 0.5) is 0 Å². The van der Waals surface area contributed by atoms with Crippen LogP contribution in [0.5, 0.6) is 46.0 Å². The third-order valence-corrected chi connectivity index (χ3v) is 22.6. The van der Waals surface area contributed by atoms with E-state index < -0.39 is 35.7 Å². The standard InChI is InChI=1S/C92H86N6O10/c1-51(2)55-23-31-63(32-24-55)105-75-47-67-79-68(88(100)97(87(67)99)73(91(103)95-39-15-9-16-40-95)45-61-43-59-19-11-13-21-71(59)93-61)49-77(107-65-35-27-57(28-36-65)53(5)6)83-84-78(108-66-37-29-58(30-38-66)54(7)8)50-70-80-69(48-76(82(86(80)84)81(75)85(79)83)106-64-33-25-56(26-34-64)52(3)4)89(101)98(90(70)102)74(92(104)96-41-17-10-18-42-96)46-62-44-60-20-12-14-22-72(60)94-62/h11-14,19-38,43-44,47-54,73-74,93-94H,9-10,15-18,39-42,45-46H2,1-8H3. The summed E-state index contributed by atoms with van der Waals surface area (Å²) in [5.74, 6) is -0.676. The maximum Gasteiger partial charge on any atom is 0.262 e. The first kappa shape index (κ1) is 69.3. The van der Waals surface area contributed by atoms with Crippen LogP contribution < -0.4 is 18.9 Å². The van der Waals surface area contributed by atoms with Gasteiger partial charge in [0.2, 0.25) is 11.8 Å². The Kier molecular flexibility index (Phi) is 17.9. The first-order chi connectivity index (χ1) is 52.3. The maximum absolute atomic E-state index is 16.8. The van der Waals surface area contributed by atoms with Gasteiger partial charge in [0, 0.05) is 105 Å². The summed E-state index contributed by atoms with van der Waals surface area (Å²) in [6.07, 6.45) is 4.92. The molecule has 11 aromatic carbocycles. The molecule has 2 N–H and O–H groups in total. The fourth-order valence-electron chi connectivity index (χ4n) is 16.8. The third-order valence-electron chi connectivity index (χ3n) is 22.6. The minimum atomic E-state index is -1.32. The van der Waals surface area contributed by atoms with Crippen molar-refractivity contribution in [1.82, 2.24) is 29.6 Å². The van der Waals surface area contributed by atoms with E-state index in [0.717, 1.165) is 92.4 Å². The average Bonchev–Trinajstić information content (AvgIpc) is 0.685. The van der Waals surface area contributed by atoms with Gasteiger partial charge in [-0.1, -0.05) is 140 Å². The number of para-hydroxylation sites is 2. The van der Waals surface area contributed by atoms with Gasteiger partial charge in [-0.25, -0.2) is 0 Å². The molecule has 6 heterocycles. The Morgan fingerprint density at radius 1 is 0.333 bits per heavy atom. The molecule has 13 aromatic rings. The number of aromatic nitrogens is 2. The van der Waals surface area contributed by atoms with Crippen molar-refractivity contribution in [1.29, 1.82) is 0 Å². The third kappa shape index (κ3) is 12.3. The molecule has 2 fully saturated rings. The Balaban J connectivity index is 0.999. The molecule has 0 spiro atoms. The van der Waals surface area contributed by atoms with Crippen molar-refractivity contribution in [2.45, 2.75) is 143 Å². The second-order valence-corrected chi connectivity index (χ2v) is 30.9. The molecule has 17 rings (SSSR count). The molecule has 0 radical (unpaired) electrons. The van der Waals surface area contributed by atoms with Gasteiger partial charge in [0.1, 0.15) is 58.1 Å². The van der Waals surface area contributed by atoms with Crippen LogP contribution in [0.25, 0.3) is 64.9 Å². The Hall–Kier alpha value is -11.8. The van der Waals surface area contributed by atoms with Gasteiger partial charge in [-0.2, -0.15) is 0 Å². The lowest BCUT2D eigenvalue weighted by atomic mass is 9.80. The number of carbonyl (C=O) groups is 6. The Bertz CT molecular complexity index is 5110. The highest BCUT2D eigenvalue weighted by Crippen LogP contribution is 2.58. The van der Waals surface area contributed by atoms with Crippen molar-refractivity contribution in [3.05, 3.63) is 238 Å². The minimum absolute atomic E-state index is 0.0178. The number of likely N-dealkylation sites (tertiary alicyclic amines) is 2. The van der Waals surface area contributed by atoms with E-state index in [-0.39, 0.29) is 104 Å². The number of ether oxygens (including phenoxy) is 4. The van der Waals surface area contributed by atoms with E-state index >= 15 is 28.8 Å². The number of aromatic amines is 2. The zero-order valence-corrected chi connectivity index (χ0v) is 62.1. The van der Waals surface area contributed by atoms with Crippen LogP contribution in [0.15, 0.2) is 182 Å². The fraction of sp³-hybridized carbons (Fsp3) is 0.283. The van der Waals surface area contributed by atoms with Crippen molar-refractivity contribution in [3.8, 4) is 46.0 Å². The molecule has 0 bridgehead atoms. The van der Waals surface area contributed by atoms with Gasteiger partial charge < -0.3 is 38.7 Å². The first-order valence-electron chi connectivity index (χ1n) is 38.3. The van der Waals surface area contributed by atoms with Gasteiger partial charge in [-0.15, -0.1) is 0 Å². The second-order valence-electron chi connectivity index (χ2n) is 30.9. The average molecular weight is 1440 g/mol. The van der Waals surface area contributed by atoms with Gasteiger partial charge in [0.15, 0.2) is 0 Å². The van der Waals surface area contributed by atoms with Crippen molar-refractivity contribution in [2.75, 3.05) is 26.2 Å². The van der Waals surface area contributed by atoms with Crippen molar-refractivity contribution < 1.29 is 47.7 Å². The number of piperidine rings is 2. The van der Waals surface area contributed by atoms with Gasteiger partial charge in [0.25, 0.3) is 23.6 Å². The van der Waals surface area contributed by atoms with Gasteiger partial charge >= 0.3 is 0 Å². The van der Waals surface area contributed by atoms with E-state index in [0.29, 0.717) is 92.9 Å². The Morgan fingerprint density at radius 2 is 0.602 bits per heavy atom. The summed E-state index contributed by atoms with van der Waals surface area (Å²) in [4.78, 5) is 112. The summed E-state index contributed by atoms with van der Waals surface area (Å²) in [5, 5.41) is 4.42. The van der Waals surface area contributed by atoms with Crippen molar-refractivity contribution in [2.24, 2.45) is 0 Å².